The average molecular weight is 245 g/mol. The van der Waals surface area contributed by atoms with Crippen LogP contribution in [0.2, 0.25) is 0 Å². The molecular weight excluding hydrogens is 222 g/mol. The standard InChI is InChI=1S/C12H23NO2S/c1-2-3-7-10-13-16(14,15)11-12-8-5-4-6-9-12/h2-3,12-13H,4-11H2,1H3/b3-2+. The van der Waals surface area contributed by atoms with E-state index in [1.165, 1.54) is 19.3 Å². The van der Waals surface area contributed by atoms with Crippen molar-refractivity contribution in [3.8, 4) is 0 Å². The van der Waals surface area contributed by atoms with E-state index in [1.54, 1.807) is 0 Å². The molecule has 0 aromatic heterocycles. The van der Waals surface area contributed by atoms with Gasteiger partial charge in [0.25, 0.3) is 0 Å². The number of allylic oxidation sites excluding steroid dienone is 1. The number of sulfonamides is 1. The fourth-order valence-corrected chi connectivity index (χ4v) is 3.69. The summed E-state index contributed by atoms with van der Waals surface area (Å²) < 4.78 is 26.1. The Labute approximate surface area is 99.4 Å². The molecule has 1 N–H and O–H groups in total. The van der Waals surface area contributed by atoms with E-state index >= 15 is 0 Å². The van der Waals surface area contributed by atoms with Crippen LogP contribution in [0, 0.1) is 5.92 Å². The Morgan fingerprint density at radius 3 is 2.56 bits per heavy atom. The largest absolute Gasteiger partial charge is 0.215 e. The Bertz CT molecular complexity index is 303. The molecule has 94 valence electrons. The lowest BCUT2D eigenvalue weighted by Crippen LogP contribution is -2.31. The molecule has 0 radical (unpaired) electrons. The summed E-state index contributed by atoms with van der Waals surface area (Å²) in [4.78, 5) is 0. The van der Waals surface area contributed by atoms with Gasteiger partial charge in [0, 0.05) is 6.54 Å². The SMILES string of the molecule is C/C=C/CCNS(=O)(=O)CC1CCCCC1. The minimum atomic E-state index is -3.05. The van der Waals surface area contributed by atoms with Crippen molar-refractivity contribution in [3.05, 3.63) is 12.2 Å². The van der Waals surface area contributed by atoms with Crippen LogP contribution in [0.4, 0.5) is 0 Å². The predicted octanol–water partition coefficient (Wildman–Crippen LogP) is 2.45. The highest BCUT2D eigenvalue weighted by atomic mass is 32.2. The van der Waals surface area contributed by atoms with E-state index in [1.807, 2.05) is 19.1 Å². The molecule has 0 bridgehead atoms. The number of nitrogens with one attached hydrogen (secondary N) is 1. The maximum Gasteiger partial charge on any atom is 0.211 e. The van der Waals surface area contributed by atoms with Crippen LogP contribution in [0.3, 0.4) is 0 Å². The van der Waals surface area contributed by atoms with Gasteiger partial charge in [0.2, 0.25) is 10.0 Å². The van der Waals surface area contributed by atoms with Crippen LogP contribution in [0.25, 0.3) is 0 Å². The minimum absolute atomic E-state index is 0.322. The van der Waals surface area contributed by atoms with Gasteiger partial charge in [0.1, 0.15) is 0 Å². The fourth-order valence-electron chi connectivity index (χ4n) is 2.19. The highest BCUT2D eigenvalue weighted by Crippen LogP contribution is 2.24. The second kappa shape index (κ2) is 7.07. The van der Waals surface area contributed by atoms with Crippen molar-refractivity contribution in [1.82, 2.24) is 4.72 Å². The third-order valence-electron chi connectivity index (χ3n) is 3.05. The zero-order valence-electron chi connectivity index (χ0n) is 10.1. The van der Waals surface area contributed by atoms with Crippen LogP contribution < -0.4 is 4.72 Å². The lowest BCUT2D eigenvalue weighted by Gasteiger charge is -2.21. The summed E-state index contributed by atoms with van der Waals surface area (Å²) in [5.74, 6) is 0.705. The van der Waals surface area contributed by atoms with Crippen LogP contribution in [0.5, 0.6) is 0 Å². The molecule has 4 heteroatoms. The van der Waals surface area contributed by atoms with Crippen molar-refractivity contribution in [2.45, 2.75) is 45.4 Å². The Morgan fingerprint density at radius 1 is 1.25 bits per heavy atom. The first kappa shape index (κ1) is 13.7. The zero-order chi connectivity index (χ0) is 11.9. The van der Waals surface area contributed by atoms with E-state index in [0.717, 1.165) is 19.3 Å². The monoisotopic (exact) mass is 245 g/mol. The van der Waals surface area contributed by atoms with Crippen LogP contribution in [0.15, 0.2) is 12.2 Å². The first-order valence-electron chi connectivity index (χ1n) is 6.22. The van der Waals surface area contributed by atoms with Gasteiger partial charge in [-0.25, -0.2) is 13.1 Å². The van der Waals surface area contributed by atoms with Gasteiger partial charge in [0.05, 0.1) is 5.75 Å². The van der Waals surface area contributed by atoms with Crippen LogP contribution >= 0.6 is 0 Å². The molecular formula is C12H23NO2S. The topological polar surface area (TPSA) is 46.2 Å². The van der Waals surface area contributed by atoms with Crippen LogP contribution in [-0.2, 0) is 10.0 Å². The fraction of sp³-hybridized carbons (Fsp3) is 0.833. The van der Waals surface area contributed by atoms with Crippen LogP contribution in [0.1, 0.15) is 45.4 Å². The molecule has 0 aromatic carbocycles. The van der Waals surface area contributed by atoms with E-state index in [2.05, 4.69) is 4.72 Å². The van der Waals surface area contributed by atoms with E-state index in [0.29, 0.717) is 18.2 Å². The lowest BCUT2D eigenvalue weighted by molar-refractivity contribution is 0.384. The van der Waals surface area contributed by atoms with E-state index < -0.39 is 10.0 Å². The molecule has 0 heterocycles. The molecule has 1 saturated carbocycles. The summed E-state index contributed by atoms with van der Waals surface area (Å²) in [6.07, 6.45) is 10.5. The summed E-state index contributed by atoms with van der Waals surface area (Å²) in [5.41, 5.74) is 0. The summed E-state index contributed by atoms with van der Waals surface area (Å²) in [7, 11) is -3.05. The van der Waals surface area contributed by atoms with Gasteiger partial charge in [-0.3, -0.25) is 0 Å². The Kier molecular flexibility index (Phi) is 6.06. The first-order chi connectivity index (χ1) is 7.64. The van der Waals surface area contributed by atoms with Crippen molar-refractivity contribution in [3.63, 3.8) is 0 Å². The third-order valence-corrected chi connectivity index (χ3v) is 4.60. The second-order valence-electron chi connectivity index (χ2n) is 4.54. The quantitative estimate of drug-likeness (QED) is 0.577. The molecule has 1 fully saturated rings. The minimum Gasteiger partial charge on any atom is -0.215 e. The van der Waals surface area contributed by atoms with Crippen molar-refractivity contribution < 1.29 is 8.42 Å². The lowest BCUT2D eigenvalue weighted by atomic mass is 9.91. The molecule has 3 nitrogen and oxygen atoms in total. The van der Waals surface area contributed by atoms with Gasteiger partial charge in [-0.05, 0) is 32.1 Å². The van der Waals surface area contributed by atoms with Gasteiger partial charge in [-0.2, -0.15) is 0 Å². The molecule has 0 unspecified atom stereocenters. The number of rotatable bonds is 6. The predicted molar refractivity (Wildman–Crippen MR) is 67.8 cm³/mol. The highest BCUT2D eigenvalue weighted by Gasteiger charge is 2.20. The molecule has 1 aliphatic rings. The van der Waals surface area contributed by atoms with E-state index in [9.17, 15) is 8.42 Å². The third kappa shape index (κ3) is 5.66. The molecule has 0 aromatic rings. The molecule has 16 heavy (non-hydrogen) atoms. The van der Waals surface area contributed by atoms with Gasteiger partial charge in [-0.1, -0.05) is 31.4 Å². The Balaban J connectivity index is 2.27. The van der Waals surface area contributed by atoms with Crippen molar-refractivity contribution >= 4 is 10.0 Å². The number of hydrogen-bond acceptors (Lipinski definition) is 2. The first-order valence-corrected chi connectivity index (χ1v) is 7.88. The molecule has 1 rings (SSSR count). The normalized spacial score (nSPS) is 19.3. The molecule has 0 aliphatic heterocycles. The van der Waals surface area contributed by atoms with Gasteiger partial charge >= 0.3 is 0 Å². The summed E-state index contributed by atoms with van der Waals surface area (Å²) in [6, 6.07) is 0. The van der Waals surface area contributed by atoms with E-state index in [4.69, 9.17) is 0 Å². The van der Waals surface area contributed by atoms with Crippen molar-refractivity contribution in [2.24, 2.45) is 5.92 Å². The Morgan fingerprint density at radius 2 is 1.94 bits per heavy atom. The van der Waals surface area contributed by atoms with Crippen molar-refractivity contribution in [1.29, 1.82) is 0 Å². The summed E-state index contributed by atoms with van der Waals surface area (Å²) in [5, 5.41) is 0. The molecule has 0 atom stereocenters. The average Bonchev–Trinajstić information content (AvgIpc) is 2.25. The molecule has 0 amide bonds. The summed E-state index contributed by atoms with van der Waals surface area (Å²) >= 11 is 0. The zero-order valence-corrected chi connectivity index (χ0v) is 10.9. The maximum absolute atomic E-state index is 11.7. The molecule has 0 saturated heterocycles. The van der Waals surface area contributed by atoms with Gasteiger partial charge < -0.3 is 0 Å². The van der Waals surface area contributed by atoms with Gasteiger partial charge in [0.15, 0.2) is 0 Å². The van der Waals surface area contributed by atoms with E-state index in [-0.39, 0.29) is 0 Å². The maximum atomic E-state index is 11.7. The molecule has 1 aliphatic carbocycles. The molecule has 0 spiro atoms. The van der Waals surface area contributed by atoms with Crippen molar-refractivity contribution in [2.75, 3.05) is 12.3 Å². The second-order valence-corrected chi connectivity index (χ2v) is 6.39. The van der Waals surface area contributed by atoms with Gasteiger partial charge in [-0.15, -0.1) is 0 Å². The highest BCUT2D eigenvalue weighted by molar-refractivity contribution is 7.89. The number of hydrogen-bond donors (Lipinski definition) is 1. The smallest absolute Gasteiger partial charge is 0.211 e. The van der Waals surface area contributed by atoms with Crippen LogP contribution in [-0.4, -0.2) is 20.7 Å². The Hall–Kier alpha value is -0.350. The summed E-state index contributed by atoms with van der Waals surface area (Å²) in [6.45, 7) is 2.47.